The van der Waals surface area contributed by atoms with E-state index in [1.54, 1.807) is 25.3 Å². The van der Waals surface area contributed by atoms with Gasteiger partial charge in [0.2, 0.25) is 5.78 Å². The van der Waals surface area contributed by atoms with Gasteiger partial charge in [-0.25, -0.2) is 9.59 Å². The van der Waals surface area contributed by atoms with Crippen molar-refractivity contribution < 1.29 is 33.4 Å². The number of Topliss-reactive ketones (excluding diaryl/α,β-unsaturated/α-hetero) is 1. The van der Waals surface area contributed by atoms with E-state index in [1.807, 2.05) is 31.2 Å². The molecule has 8 nitrogen and oxygen atoms in total. The summed E-state index contributed by atoms with van der Waals surface area (Å²) in [6.45, 7) is 2.41. The van der Waals surface area contributed by atoms with Crippen molar-refractivity contribution in [1.29, 1.82) is 0 Å². The molecule has 0 aromatic heterocycles. The first kappa shape index (κ1) is 31.5. The number of carbonyl (C=O) groups is 4. The highest BCUT2D eigenvalue weighted by atomic mass is 16.5. The number of nitrogens with zero attached hydrogens (tertiary/aromatic N) is 1. The second-order valence-corrected chi connectivity index (χ2v) is 10.8. The zero-order valence-corrected chi connectivity index (χ0v) is 24.8. The Bertz CT molecular complexity index is 1370. The molecule has 43 heavy (non-hydrogen) atoms. The van der Waals surface area contributed by atoms with E-state index in [-0.39, 0.29) is 25.2 Å². The van der Waals surface area contributed by atoms with Gasteiger partial charge in [-0.05, 0) is 68.7 Å². The first-order valence-corrected chi connectivity index (χ1v) is 14.8. The second kappa shape index (κ2) is 15.7. The molecule has 0 radical (unpaired) electrons. The average molecular weight is 586 g/mol. The van der Waals surface area contributed by atoms with E-state index in [0.717, 1.165) is 41.9 Å². The van der Waals surface area contributed by atoms with Gasteiger partial charge in [0.1, 0.15) is 17.8 Å². The van der Waals surface area contributed by atoms with Crippen LogP contribution in [0.3, 0.4) is 0 Å². The number of hydrogen-bond donors (Lipinski definition) is 0. The number of likely N-dealkylation sites (tertiary alicyclic amines) is 1. The van der Waals surface area contributed by atoms with Crippen molar-refractivity contribution in [3.05, 3.63) is 101 Å². The van der Waals surface area contributed by atoms with Crippen molar-refractivity contribution in [1.82, 2.24) is 4.90 Å². The van der Waals surface area contributed by atoms with Crippen LogP contribution < -0.4 is 4.74 Å². The lowest BCUT2D eigenvalue weighted by atomic mass is 9.91. The number of ether oxygens (including phenoxy) is 3. The van der Waals surface area contributed by atoms with Gasteiger partial charge in [-0.1, -0.05) is 72.3 Å². The van der Waals surface area contributed by atoms with Gasteiger partial charge in [-0.2, -0.15) is 0 Å². The molecule has 0 unspecified atom stereocenters. The van der Waals surface area contributed by atoms with Crippen LogP contribution in [-0.2, 0) is 36.7 Å². The molecule has 0 aliphatic carbocycles. The van der Waals surface area contributed by atoms with Crippen molar-refractivity contribution in [3.8, 4) is 5.75 Å². The zero-order valence-electron chi connectivity index (χ0n) is 24.8. The highest BCUT2D eigenvalue weighted by molar-refractivity contribution is 6.43. The molecule has 1 aliphatic heterocycles. The van der Waals surface area contributed by atoms with E-state index in [0.29, 0.717) is 12.8 Å². The molecule has 1 amide bonds. The number of amides is 1. The molecule has 0 spiro atoms. The van der Waals surface area contributed by atoms with Gasteiger partial charge in [0, 0.05) is 12.0 Å². The summed E-state index contributed by atoms with van der Waals surface area (Å²) in [4.78, 5) is 53.1. The first-order chi connectivity index (χ1) is 20.9. The van der Waals surface area contributed by atoms with Gasteiger partial charge in [-0.15, -0.1) is 0 Å². The van der Waals surface area contributed by atoms with Gasteiger partial charge in [-0.3, -0.25) is 9.59 Å². The summed E-state index contributed by atoms with van der Waals surface area (Å²) < 4.78 is 16.1. The minimum Gasteiger partial charge on any atom is -0.497 e. The number of unbranched alkanes of at least 4 members (excludes halogenated alkanes) is 2. The predicted octanol–water partition coefficient (Wildman–Crippen LogP) is 5.29. The zero-order chi connectivity index (χ0) is 30.6. The van der Waals surface area contributed by atoms with Crippen molar-refractivity contribution in [2.45, 2.75) is 64.0 Å². The van der Waals surface area contributed by atoms with E-state index in [4.69, 9.17) is 14.2 Å². The summed E-state index contributed by atoms with van der Waals surface area (Å²) in [5, 5.41) is 0. The Kier molecular flexibility index (Phi) is 11.5. The molecule has 1 fully saturated rings. The van der Waals surface area contributed by atoms with Gasteiger partial charge in [0.15, 0.2) is 0 Å². The Morgan fingerprint density at radius 2 is 1.21 bits per heavy atom. The normalized spacial score (nSPS) is 15.7. The van der Waals surface area contributed by atoms with Crippen LogP contribution in [0.15, 0.2) is 78.9 Å². The van der Waals surface area contributed by atoms with E-state index in [1.165, 1.54) is 23.3 Å². The Labute approximate surface area is 252 Å². The van der Waals surface area contributed by atoms with Crippen LogP contribution >= 0.6 is 0 Å². The molecule has 1 heterocycles. The molecule has 226 valence electrons. The fraction of sp³-hybridized carbons (Fsp3) is 0.371. The molecule has 3 aromatic rings. The Morgan fingerprint density at radius 3 is 1.72 bits per heavy atom. The summed E-state index contributed by atoms with van der Waals surface area (Å²) in [6, 6.07) is 22.2. The molecule has 2 atom stereocenters. The largest absolute Gasteiger partial charge is 0.497 e. The third kappa shape index (κ3) is 8.77. The maximum absolute atomic E-state index is 13.2. The highest BCUT2D eigenvalue weighted by Crippen LogP contribution is 2.29. The fourth-order valence-corrected chi connectivity index (χ4v) is 5.00. The van der Waals surface area contributed by atoms with E-state index in [2.05, 4.69) is 24.3 Å². The maximum atomic E-state index is 13.2. The summed E-state index contributed by atoms with van der Waals surface area (Å²) in [5.41, 5.74) is 3.76. The van der Waals surface area contributed by atoms with E-state index >= 15 is 0 Å². The number of rotatable bonds is 15. The lowest BCUT2D eigenvalue weighted by Gasteiger charge is -2.44. The van der Waals surface area contributed by atoms with Crippen LogP contribution in [0.25, 0.3) is 0 Å². The third-order valence-electron chi connectivity index (χ3n) is 7.61. The topological polar surface area (TPSA) is 99.2 Å². The minimum absolute atomic E-state index is 0.0562. The van der Waals surface area contributed by atoms with Crippen LogP contribution in [0.5, 0.6) is 5.75 Å². The summed E-state index contributed by atoms with van der Waals surface area (Å²) in [6.07, 6.45) is 4.68. The number of aryl methyl sites for hydroxylation is 3. The molecule has 3 aromatic carbocycles. The summed E-state index contributed by atoms with van der Waals surface area (Å²) in [5.74, 6) is -2.15. The van der Waals surface area contributed by atoms with Gasteiger partial charge < -0.3 is 19.1 Å². The fourth-order valence-electron chi connectivity index (χ4n) is 5.00. The van der Waals surface area contributed by atoms with Crippen LogP contribution in [0.2, 0.25) is 0 Å². The second-order valence-electron chi connectivity index (χ2n) is 10.8. The minimum atomic E-state index is -1.01. The first-order valence-electron chi connectivity index (χ1n) is 14.8. The van der Waals surface area contributed by atoms with Crippen LogP contribution in [0.4, 0.5) is 0 Å². The average Bonchev–Trinajstić information content (AvgIpc) is 3.01. The number of methoxy groups -OCH3 is 1. The summed E-state index contributed by atoms with van der Waals surface area (Å²) >= 11 is 0. The van der Waals surface area contributed by atoms with Crippen LogP contribution in [-0.4, -0.2) is 60.9 Å². The molecule has 1 aliphatic rings. The number of carbonyl (C=O) groups excluding carboxylic acids is 4. The third-order valence-corrected chi connectivity index (χ3v) is 7.61. The van der Waals surface area contributed by atoms with Gasteiger partial charge >= 0.3 is 11.9 Å². The number of hydrogen-bond acceptors (Lipinski definition) is 7. The smallest absolute Gasteiger partial charge is 0.328 e. The molecular weight excluding hydrogens is 546 g/mol. The molecule has 4 rings (SSSR count). The quantitative estimate of drug-likeness (QED) is 0.103. The SMILES string of the molecule is COc1ccc(CCCCOC(=O)[C@@H]2C[C@@H](C(=O)OCCCCc3ccc(C)cc3)N2C(=O)C(=O)c2ccccc2)cc1. The summed E-state index contributed by atoms with van der Waals surface area (Å²) in [7, 11) is 1.62. The van der Waals surface area contributed by atoms with Crippen LogP contribution in [0, 0.1) is 6.92 Å². The number of benzene rings is 3. The molecule has 8 heteroatoms. The lowest BCUT2D eigenvalue weighted by Crippen LogP contribution is -2.66. The van der Waals surface area contributed by atoms with E-state index in [9.17, 15) is 19.2 Å². The van der Waals surface area contributed by atoms with Crippen molar-refractivity contribution in [3.63, 3.8) is 0 Å². The monoisotopic (exact) mass is 585 g/mol. The molecule has 0 N–H and O–H groups in total. The van der Waals surface area contributed by atoms with Crippen LogP contribution in [0.1, 0.15) is 59.2 Å². The van der Waals surface area contributed by atoms with Crippen molar-refractivity contribution in [2.75, 3.05) is 20.3 Å². The number of esters is 2. The molecule has 0 bridgehead atoms. The number of ketones is 1. The Balaban J connectivity index is 1.27. The van der Waals surface area contributed by atoms with Gasteiger partial charge in [0.05, 0.1) is 20.3 Å². The Morgan fingerprint density at radius 1 is 0.698 bits per heavy atom. The molecule has 0 saturated carbocycles. The molecular formula is C35H39NO7. The van der Waals surface area contributed by atoms with E-state index < -0.39 is 35.7 Å². The van der Waals surface area contributed by atoms with Crippen molar-refractivity contribution in [2.24, 2.45) is 0 Å². The Hall–Kier alpha value is -4.46. The predicted molar refractivity (Wildman–Crippen MR) is 162 cm³/mol. The molecule has 1 saturated heterocycles. The lowest BCUT2D eigenvalue weighted by molar-refractivity contribution is -0.175. The van der Waals surface area contributed by atoms with Crippen molar-refractivity contribution >= 4 is 23.6 Å². The highest BCUT2D eigenvalue weighted by Gasteiger charge is 2.52. The maximum Gasteiger partial charge on any atom is 0.328 e. The van der Waals surface area contributed by atoms with Gasteiger partial charge in [0.25, 0.3) is 5.91 Å². The standard InChI is InChI=1S/C35H39NO7/c1-25-14-16-26(17-15-25)10-6-8-22-42-34(39)30-24-31(36(30)33(38)32(37)28-12-4-3-5-13-28)35(40)43-23-9-7-11-27-18-20-29(41-2)21-19-27/h3-5,12-21,30-31H,6-11,22-24H2,1-2H3/t30-,31-/m0/s1.